The van der Waals surface area contributed by atoms with Crippen molar-refractivity contribution in [3.8, 4) is 11.1 Å². The van der Waals surface area contributed by atoms with Crippen molar-refractivity contribution in [3.63, 3.8) is 0 Å². The van der Waals surface area contributed by atoms with Crippen molar-refractivity contribution in [2.24, 2.45) is 5.92 Å². The molecule has 0 saturated heterocycles. The molecule has 0 aliphatic heterocycles. The van der Waals surface area contributed by atoms with E-state index in [1.54, 1.807) is 13.8 Å². The first-order valence-electron chi connectivity index (χ1n) is 9.94. The number of rotatable bonds is 7. The SMILES string of the molecule is CC(C)C(NC(=O)OCC1c2ccccc2-c2ccccc21)C(=O)N[C@H](C)C(=O)O. The highest BCUT2D eigenvalue weighted by Gasteiger charge is 2.31. The number of fused-ring (bicyclic) bond motifs is 3. The molecule has 158 valence electrons. The number of carbonyl (C=O) groups is 3. The van der Waals surface area contributed by atoms with Crippen LogP contribution in [-0.4, -0.2) is 41.8 Å². The molecule has 0 bridgehead atoms. The molecule has 0 fully saturated rings. The minimum absolute atomic E-state index is 0.0819. The molecule has 7 heteroatoms. The van der Waals surface area contributed by atoms with Crippen LogP contribution in [-0.2, 0) is 14.3 Å². The number of aliphatic carboxylic acids is 1. The van der Waals surface area contributed by atoms with Gasteiger partial charge in [-0.3, -0.25) is 9.59 Å². The quantitative estimate of drug-likeness (QED) is 0.650. The van der Waals surface area contributed by atoms with Crippen molar-refractivity contribution in [2.75, 3.05) is 6.61 Å². The number of hydrogen-bond donors (Lipinski definition) is 3. The topological polar surface area (TPSA) is 105 Å². The summed E-state index contributed by atoms with van der Waals surface area (Å²) in [6.07, 6.45) is -0.714. The lowest BCUT2D eigenvalue weighted by atomic mass is 9.98. The van der Waals surface area contributed by atoms with Crippen molar-refractivity contribution >= 4 is 18.0 Å². The summed E-state index contributed by atoms with van der Waals surface area (Å²) in [6.45, 7) is 5.03. The highest BCUT2D eigenvalue weighted by molar-refractivity contribution is 5.89. The van der Waals surface area contributed by atoms with Gasteiger partial charge in [0.15, 0.2) is 0 Å². The summed E-state index contributed by atoms with van der Waals surface area (Å²) in [5.74, 6) is -2.03. The second kappa shape index (κ2) is 8.98. The van der Waals surface area contributed by atoms with Gasteiger partial charge in [0.25, 0.3) is 0 Å². The molecule has 2 aromatic carbocycles. The van der Waals surface area contributed by atoms with Crippen LogP contribution >= 0.6 is 0 Å². The van der Waals surface area contributed by atoms with Gasteiger partial charge in [-0.1, -0.05) is 62.4 Å². The largest absolute Gasteiger partial charge is 0.480 e. The van der Waals surface area contributed by atoms with E-state index in [0.717, 1.165) is 22.3 Å². The van der Waals surface area contributed by atoms with E-state index in [4.69, 9.17) is 9.84 Å². The molecule has 0 spiro atoms. The molecular weight excluding hydrogens is 384 g/mol. The molecule has 1 unspecified atom stereocenters. The first-order valence-corrected chi connectivity index (χ1v) is 9.94. The number of carboxylic acids is 1. The second-order valence-corrected chi connectivity index (χ2v) is 7.76. The minimum Gasteiger partial charge on any atom is -0.480 e. The van der Waals surface area contributed by atoms with Crippen LogP contribution in [0.5, 0.6) is 0 Å². The van der Waals surface area contributed by atoms with E-state index in [0.29, 0.717) is 0 Å². The van der Waals surface area contributed by atoms with Crippen molar-refractivity contribution in [2.45, 2.75) is 38.8 Å². The smallest absolute Gasteiger partial charge is 0.407 e. The molecule has 7 nitrogen and oxygen atoms in total. The van der Waals surface area contributed by atoms with Crippen molar-refractivity contribution in [3.05, 3.63) is 59.7 Å². The normalized spacial score (nSPS) is 14.4. The first-order chi connectivity index (χ1) is 14.3. The summed E-state index contributed by atoms with van der Waals surface area (Å²) in [6, 6.07) is 14.1. The monoisotopic (exact) mass is 410 g/mol. The van der Waals surface area contributed by atoms with Gasteiger partial charge in [-0.2, -0.15) is 0 Å². The van der Waals surface area contributed by atoms with Crippen LogP contribution in [0.3, 0.4) is 0 Å². The predicted molar refractivity (Wildman–Crippen MR) is 112 cm³/mol. The lowest BCUT2D eigenvalue weighted by molar-refractivity contribution is -0.141. The van der Waals surface area contributed by atoms with Gasteiger partial charge in [0, 0.05) is 5.92 Å². The van der Waals surface area contributed by atoms with Gasteiger partial charge >= 0.3 is 12.1 Å². The molecule has 1 aliphatic rings. The van der Waals surface area contributed by atoms with E-state index < -0.39 is 30.1 Å². The maximum Gasteiger partial charge on any atom is 0.407 e. The third-order valence-electron chi connectivity index (χ3n) is 5.30. The average molecular weight is 410 g/mol. The summed E-state index contributed by atoms with van der Waals surface area (Å²) in [4.78, 5) is 35.8. The predicted octanol–water partition coefficient (Wildman–Crippen LogP) is 3.14. The van der Waals surface area contributed by atoms with Gasteiger partial charge in [-0.25, -0.2) is 4.79 Å². The maximum absolute atomic E-state index is 12.4. The van der Waals surface area contributed by atoms with Crippen LogP contribution in [0.1, 0.15) is 37.8 Å². The van der Waals surface area contributed by atoms with Crippen LogP contribution < -0.4 is 10.6 Å². The number of hydrogen-bond acceptors (Lipinski definition) is 4. The fourth-order valence-electron chi connectivity index (χ4n) is 3.67. The van der Waals surface area contributed by atoms with Gasteiger partial charge in [-0.15, -0.1) is 0 Å². The molecular formula is C23H26N2O5. The summed E-state index contributed by atoms with van der Waals surface area (Å²) in [7, 11) is 0. The molecule has 2 aromatic rings. The Morgan fingerprint density at radius 1 is 0.933 bits per heavy atom. The Morgan fingerprint density at radius 2 is 1.47 bits per heavy atom. The Balaban J connectivity index is 1.66. The number of amides is 2. The second-order valence-electron chi connectivity index (χ2n) is 7.76. The molecule has 2 amide bonds. The highest BCUT2D eigenvalue weighted by atomic mass is 16.5. The number of alkyl carbamates (subject to hydrolysis) is 1. The molecule has 0 heterocycles. The third-order valence-corrected chi connectivity index (χ3v) is 5.30. The molecule has 0 saturated carbocycles. The molecule has 0 aromatic heterocycles. The van der Waals surface area contributed by atoms with Gasteiger partial charge in [0.05, 0.1) is 0 Å². The van der Waals surface area contributed by atoms with Crippen LogP contribution in [0, 0.1) is 5.92 Å². The maximum atomic E-state index is 12.4. The van der Waals surface area contributed by atoms with Gasteiger partial charge in [-0.05, 0) is 35.1 Å². The molecule has 0 radical (unpaired) electrons. The van der Waals surface area contributed by atoms with Gasteiger partial charge < -0.3 is 20.5 Å². The first kappa shape index (κ1) is 21.4. The zero-order valence-electron chi connectivity index (χ0n) is 17.2. The Hall–Kier alpha value is -3.35. The van der Waals surface area contributed by atoms with Crippen LogP contribution in [0.15, 0.2) is 48.5 Å². The summed E-state index contributed by atoms with van der Waals surface area (Å²) < 4.78 is 5.48. The van der Waals surface area contributed by atoms with Crippen molar-refractivity contribution < 1.29 is 24.2 Å². The lowest BCUT2D eigenvalue weighted by Gasteiger charge is -2.23. The summed E-state index contributed by atoms with van der Waals surface area (Å²) >= 11 is 0. The summed E-state index contributed by atoms with van der Waals surface area (Å²) in [5, 5.41) is 13.9. The Morgan fingerprint density at radius 3 is 1.97 bits per heavy atom. The Kier molecular flexibility index (Phi) is 6.40. The van der Waals surface area contributed by atoms with Crippen molar-refractivity contribution in [1.29, 1.82) is 0 Å². The van der Waals surface area contributed by atoms with Crippen LogP contribution in [0.4, 0.5) is 4.79 Å². The average Bonchev–Trinajstić information content (AvgIpc) is 3.04. The van der Waals surface area contributed by atoms with E-state index in [-0.39, 0.29) is 18.4 Å². The number of carboxylic acid groups (broad SMARTS) is 1. The number of carbonyl (C=O) groups excluding carboxylic acids is 2. The lowest BCUT2D eigenvalue weighted by Crippen LogP contribution is -2.53. The van der Waals surface area contributed by atoms with Gasteiger partial charge in [0.1, 0.15) is 18.7 Å². The standard InChI is InChI=1S/C23H26N2O5/c1-13(2)20(21(26)24-14(3)22(27)28)25-23(29)30-12-19-17-10-6-4-8-15(17)16-9-5-7-11-18(16)19/h4-11,13-14,19-20H,12H2,1-3H3,(H,24,26)(H,25,29)(H,27,28)/t14-,20?/m1/s1. The number of nitrogens with one attached hydrogen (secondary N) is 2. The van der Waals surface area contributed by atoms with Crippen molar-refractivity contribution in [1.82, 2.24) is 10.6 Å². The highest BCUT2D eigenvalue weighted by Crippen LogP contribution is 2.44. The fourth-order valence-corrected chi connectivity index (χ4v) is 3.67. The van der Waals surface area contributed by atoms with Crippen LogP contribution in [0.2, 0.25) is 0 Å². The van der Waals surface area contributed by atoms with E-state index in [2.05, 4.69) is 22.8 Å². The summed E-state index contributed by atoms with van der Waals surface area (Å²) in [5.41, 5.74) is 4.45. The number of benzene rings is 2. The van der Waals surface area contributed by atoms with E-state index in [1.165, 1.54) is 6.92 Å². The molecule has 3 N–H and O–H groups in total. The fraction of sp³-hybridized carbons (Fsp3) is 0.348. The molecule has 30 heavy (non-hydrogen) atoms. The molecule has 3 rings (SSSR count). The third kappa shape index (κ3) is 4.45. The number of ether oxygens (including phenoxy) is 1. The minimum atomic E-state index is -1.15. The van der Waals surface area contributed by atoms with E-state index in [9.17, 15) is 14.4 Å². The van der Waals surface area contributed by atoms with Gasteiger partial charge in [0.2, 0.25) is 5.91 Å². The van der Waals surface area contributed by atoms with E-state index >= 15 is 0 Å². The Labute approximate surface area is 175 Å². The molecule has 1 aliphatic carbocycles. The zero-order chi connectivity index (χ0) is 21.8. The Bertz CT molecular complexity index is 911. The zero-order valence-corrected chi connectivity index (χ0v) is 17.2. The molecule has 2 atom stereocenters. The van der Waals surface area contributed by atoms with E-state index in [1.807, 2.05) is 36.4 Å². The van der Waals surface area contributed by atoms with Crippen LogP contribution in [0.25, 0.3) is 11.1 Å².